The van der Waals surface area contributed by atoms with Gasteiger partial charge < -0.3 is 10.8 Å². The minimum Gasteiger partial charge on any atom is -0.388 e. The van der Waals surface area contributed by atoms with Crippen molar-refractivity contribution in [2.24, 2.45) is 23.0 Å². The third-order valence-corrected chi connectivity index (χ3v) is 6.04. The molecular formula is C15H19BrClNO. The fourth-order valence-corrected chi connectivity index (χ4v) is 4.82. The van der Waals surface area contributed by atoms with Crippen molar-refractivity contribution in [3.8, 4) is 0 Å². The van der Waals surface area contributed by atoms with E-state index in [1.807, 2.05) is 18.2 Å². The van der Waals surface area contributed by atoms with Crippen LogP contribution in [0.1, 0.15) is 37.4 Å². The van der Waals surface area contributed by atoms with Crippen molar-refractivity contribution in [2.45, 2.75) is 31.8 Å². The summed E-state index contributed by atoms with van der Waals surface area (Å²) in [6, 6.07) is 5.66. The van der Waals surface area contributed by atoms with E-state index in [1.165, 1.54) is 19.3 Å². The van der Waals surface area contributed by atoms with Crippen molar-refractivity contribution in [2.75, 3.05) is 6.54 Å². The van der Waals surface area contributed by atoms with Gasteiger partial charge in [-0.15, -0.1) is 0 Å². The van der Waals surface area contributed by atoms with Gasteiger partial charge in [-0.25, -0.2) is 0 Å². The highest BCUT2D eigenvalue weighted by Crippen LogP contribution is 2.60. The number of halogens is 2. The summed E-state index contributed by atoms with van der Waals surface area (Å²) >= 11 is 9.72. The number of hydrogen-bond donors (Lipinski definition) is 2. The maximum Gasteiger partial charge on any atom is 0.0875 e. The molecule has 2 aliphatic rings. The molecule has 19 heavy (non-hydrogen) atoms. The minimum atomic E-state index is -0.558. The van der Waals surface area contributed by atoms with E-state index in [9.17, 15) is 5.11 Å². The first kappa shape index (κ1) is 13.9. The maximum atomic E-state index is 10.9. The predicted molar refractivity (Wildman–Crippen MR) is 81.0 cm³/mol. The summed E-state index contributed by atoms with van der Waals surface area (Å²) in [4.78, 5) is 0. The Labute approximate surface area is 127 Å². The maximum absolute atomic E-state index is 10.9. The van der Waals surface area contributed by atoms with E-state index in [1.54, 1.807) is 0 Å². The Balaban J connectivity index is 1.98. The molecule has 3 N–H and O–H groups in total. The summed E-state index contributed by atoms with van der Waals surface area (Å²) in [6.07, 6.45) is 4.20. The molecule has 2 nitrogen and oxygen atoms in total. The van der Waals surface area contributed by atoms with Gasteiger partial charge in [-0.05, 0) is 49.3 Å². The van der Waals surface area contributed by atoms with E-state index in [0.717, 1.165) is 22.4 Å². The molecule has 1 aromatic rings. The molecule has 4 unspecified atom stereocenters. The average molecular weight is 345 g/mol. The molecule has 2 aliphatic carbocycles. The van der Waals surface area contributed by atoms with E-state index in [4.69, 9.17) is 17.3 Å². The Morgan fingerprint density at radius 2 is 2.26 bits per heavy atom. The van der Waals surface area contributed by atoms with E-state index in [-0.39, 0.29) is 5.41 Å². The SMILES string of the molecule is NCC1(C(O)c2cc(Br)ccc2Cl)CC2CCC1C2. The Kier molecular flexibility index (Phi) is 3.67. The molecule has 0 saturated heterocycles. The van der Waals surface area contributed by atoms with Crippen LogP contribution in [0.15, 0.2) is 22.7 Å². The number of aliphatic hydroxyl groups is 1. The van der Waals surface area contributed by atoms with Crippen LogP contribution in [0.5, 0.6) is 0 Å². The van der Waals surface area contributed by atoms with Crippen molar-refractivity contribution in [3.05, 3.63) is 33.3 Å². The number of hydrogen-bond acceptors (Lipinski definition) is 2. The second-order valence-corrected chi connectivity index (χ2v) is 7.41. The van der Waals surface area contributed by atoms with E-state index in [2.05, 4.69) is 15.9 Å². The summed E-state index contributed by atoms with van der Waals surface area (Å²) < 4.78 is 0.946. The zero-order valence-corrected chi connectivity index (χ0v) is 13.1. The summed E-state index contributed by atoms with van der Waals surface area (Å²) in [5.41, 5.74) is 6.71. The summed E-state index contributed by atoms with van der Waals surface area (Å²) in [7, 11) is 0. The average Bonchev–Trinajstić information content (AvgIpc) is 3.01. The van der Waals surface area contributed by atoms with Crippen LogP contribution < -0.4 is 5.73 Å². The van der Waals surface area contributed by atoms with Gasteiger partial charge in [0, 0.05) is 27.0 Å². The quantitative estimate of drug-likeness (QED) is 0.873. The smallest absolute Gasteiger partial charge is 0.0875 e. The van der Waals surface area contributed by atoms with Gasteiger partial charge >= 0.3 is 0 Å². The highest BCUT2D eigenvalue weighted by molar-refractivity contribution is 9.10. The molecule has 3 rings (SSSR count). The standard InChI is InChI=1S/C15H19BrClNO/c16-11-3-4-13(17)12(6-11)14(19)15(8-18)7-9-1-2-10(15)5-9/h3-4,6,9-10,14,19H,1-2,5,7-8,18H2. The number of rotatable bonds is 3. The topological polar surface area (TPSA) is 46.2 Å². The Morgan fingerprint density at radius 3 is 2.84 bits per heavy atom. The van der Waals surface area contributed by atoms with Crippen LogP contribution in [0.4, 0.5) is 0 Å². The van der Waals surface area contributed by atoms with Crippen molar-refractivity contribution in [1.82, 2.24) is 0 Å². The number of fused-ring (bicyclic) bond motifs is 2. The third kappa shape index (κ3) is 2.15. The summed E-state index contributed by atoms with van der Waals surface area (Å²) in [5.74, 6) is 1.29. The molecule has 2 bridgehead atoms. The fraction of sp³-hybridized carbons (Fsp3) is 0.600. The monoisotopic (exact) mass is 343 g/mol. The molecule has 1 aromatic carbocycles. The van der Waals surface area contributed by atoms with Crippen LogP contribution in [0.25, 0.3) is 0 Å². The van der Waals surface area contributed by atoms with Crippen molar-refractivity contribution < 1.29 is 5.11 Å². The van der Waals surface area contributed by atoms with Crippen molar-refractivity contribution in [3.63, 3.8) is 0 Å². The first-order valence-electron chi connectivity index (χ1n) is 6.90. The lowest BCUT2D eigenvalue weighted by atomic mass is 9.67. The second-order valence-electron chi connectivity index (χ2n) is 6.09. The molecule has 0 radical (unpaired) electrons. The highest BCUT2D eigenvalue weighted by atomic mass is 79.9. The Hall–Kier alpha value is -0.0900. The molecule has 4 heteroatoms. The Morgan fingerprint density at radius 1 is 1.47 bits per heavy atom. The molecule has 0 aliphatic heterocycles. The predicted octanol–water partition coefficient (Wildman–Crippen LogP) is 3.90. The molecule has 104 valence electrons. The van der Waals surface area contributed by atoms with Crippen molar-refractivity contribution in [1.29, 1.82) is 0 Å². The zero-order valence-electron chi connectivity index (χ0n) is 10.8. The summed E-state index contributed by atoms with van der Waals surface area (Å²) in [6.45, 7) is 0.540. The molecule has 4 atom stereocenters. The van der Waals surface area contributed by atoms with Gasteiger partial charge in [-0.3, -0.25) is 0 Å². The van der Waals surface area contributed by atoms with Crippen molar-refractivity contribution >= 4 is 27.5 Å². The first-order valence-corrected chi connectivity index (χ1v) is 8.07. The number of benzene rings is 1. The van der Waals surface area contributed by atoms with E-state index >= 15 is 0 Å². The van der Waals surface area contributed by atoms with E-state index < -0.39 is 6.10 Å². The number of aliphatic hydroxyl groups excluding tert-OH is 1. The fourth-order valence-electron chi connectivity index (χ4n) is 4.22. The molecule has 0 amide bonds. The Bertz CT molecular complexity index is 495. The van der Waals surface area contributed by atoms with Gasteiger partial charge in [-0.1, -0.05) is 34.0 Å². The molecule has 0 aromatic heterocycles. The van der Waals surface area contributed by atoms with Gasteiger partial charge in [0.05, 0.1) is 6.10 Å². The molecule has 0 spiro atoms. The molecule has 2 saturated carbocycles. The van der Waals surface area contributed by atoms with Crippen LogP contribution in [0.3, 0.4) is 0 Å². The largest absolute Gasteiger partial charge is 0.388 e. The van der Waals surface area contributed by atoms with Crippen LogP contribution in [-0.2, 0) is 0 Å². The third-order valence-electron chi connectivity index (χ3n) is 5.20. The van der Waals surface area contributed by atoms with Gasteiger partial charge in [0.2, 0.25) is 0 Å². The molecule has 2 fully saturated rings. The zero-order chi connectivity index (χ0) is 13.6. The molecular weight excluding hydrogens is 326 g/mol. The number of nitrogens with two attached hydrogens (primary N) is 1. The summed E-state index contributed by atoms with van der Waals surface area (Å²) in [5, 5.41) is 11.5. The van der Waals surface area contributed by atoms with Crippen LogP contribution in [-0.4, -0.2) is 11.7 Å². The lowest BCUT2D eigenvalue weighted by Gasteiger charge is -2.41. The first-order chi connectivity index (χ1) is 9.06. The second kappa shape index (κ2) is 5.03. The lowest BCUT2D eigenvalue weighted by molar-refractivity contribution is -0.0130. The minimum absolute atomic E-state index is 0.173. The lowest BCUT2D eigenvalue weighted by Crippen LogP contribution is -2.41. The van der Waals surface area contributed by atoms with Crippen LogP contribution in [0, 0.1) is 17.3 Å². The van der Waals surface area contributed by atoms with Gasteiger partial charge in [0.25, 0.3) is 0 Å². The van der Waals surface area contributed by atoms with Gasteiger partial charge in [0.1, 0.15) is 0 Å². The van der Waals surface area contributed by atoms with Crippen LogP contribution in [0.2, 0.25) is 5.02 Å². The highest BCUT2D eigenvalue weighted by Gasteiger charge is 2.54. The van der Waals surface area contributed by atoms with E-state index in [0.29, 0.717) is 17.5 Å². The van der Waals surface area contributed by atoms with Gasteiger partial charge in [-0.2, -0.15) is 0 Å². The van der Waals surface area contributed by atoms with Crippen LogP contribution >= 0.6 is 27.5 Å². The van der Waals surface area contributed by atoms with Gasteiger partial charge in [0.15, 0.2) is 0 Å². The normalized spacial score (nSPS) is 34.7. The molecule has 0 heterocycles.